The van der Waals surface area contributed by atoms with Crippen LogP contribution in [0.3, 0.4) is 0 Å². The van der Waals surface area contributed by atoms with Crippen LogP contribution in [-0.4, -0.2) is 55.8 Å². The van der Waals surface area contributed by atoms with Crippen LogP contribution >= 0.6 is 23.5 Å². The van der Waals surface area contributed by atoms with E-state index < -0.39 is 5.97 Å². The Kier molecular flexibility index (Phi) is 4.61. The summed E-state index contributed by atoms with van der Waals surface area (Å²) in [5, 5.41) is 11.2. The first-order valence-corrected chi connectivity index (χ1v) is 7.36. The van der Waals surface area contributed by atoms with Gasteiger partial charge in [0.25, 0.3) is 0 Å². The minimum absolute atomic E-state index is 0. The summed E-state index contributed by atoms with van der Waals surface area (Å²) in [5.74, 6) is 0.833. The quantitative estimate of drug-likeness (QED) is 0.695. The van der Waals surface area contributed by atoms with Gasteiger partial charge in [0.05, 0.1) is 12.9 Å². The number of carbonyl (C=O) groups is 1. The van der Waals surface area contributed by atoms with Gasteiger partial charge in [0.2, 0.25) is 0 Å². The molecule has 2 N–H and O–H groups in total. The van der Waals surface area contributed by atoms with Crippen molar-refractivity contribution in [1.29, 1.82) is 0 Å². The number of nitrogens with one attached hydrogen (secondary N) is 1. The fourth-order valence-corrected chi connectivity index (χ4v) is 5.65. The van der Waals surface area contributed by atoms with Gasteiger partial charge in [-0.05, 0) is 6.42 Å². The second-order valence-corrected chi connectivity index (χ2v) is 6.89. The predicted molar refractivity (Wildman–Crippen MR) is 65.6 cm³/mol. The number of nitrogens with zero attached hydrogens (tertiary/aromatic N) is 2. The van der Waals surface area contributed by atoms with Gasteiger partial charge in [0, 0.05) is 30.1 Å². The smallest absolute Gasteiger partial charge is 0.321 e. The van der Waals surface area contributed by atoms with Gasteiger partial charge in [-0.25, -0.2) is 17.4 Å². The Labute approximate surface area is 126 Å². The third-order valence-corrected chi connectivity index (χ3v) is 6.55. The van der Waals surface area contributed by atoms with Gasteiger partial charge in [-0.15, -0.1) is 23.5 Å². The Morgan fingerprint density at radius 3 is 3.00 bits per heavy atom. The SMILES string of the molecule is [CH2-]OC1CCSC23SCC(C(=O)O)N2CN3N1.[V]. The van der Waals surface area contributed by atoms with Crippen molar-refractivity contribution < 1.29 is 33.2 Å². The fourth-order valence-electron chi connectivity index (χ4n) is 2.33. The van der Waals surface area contributed by atoms with Gasteiger partial charge in [0.15, 0.2) is 4.33 Å². The van der Waals surface area contributed by atoms with Crippen molar-refractivity contribution in [3.8, 4) is 0 Å². The second-order valence-electron chi connectivity index (χ2n) is 4.17. The molecule has 3 rings (SSSR count). The summed E-state index contributed by atoms with van der Waals surface area (Å²) in [5.41, 5.74) is 3.26. The zero-order valence-electron chi connectivity index (χ0n) is 9.61. The van der Waals surface area contributed by atoms with E-state index in [-0.39, 0.29) is 35.2 Å². The molecule has 0 bridgehead atoms. The maximum Gasteiger partial charge on any atom is 0.321 e. The van der Waals surface area contributed by atoms with Crippen LogP contribution in [-0.2, 0) is 28.1 Å². The molecule has 3 unspecified atom stereocenters. The minimum Gasteiger partial charge on any atom is -0.541 e. The first kappa shape index (κ1) is 15.0. The molecular formula is C9H14N3O3S2V-. The maximum atomic E-state index is 11.1. The molecule has 1 spiro atoms. The molecule has 6 nitrogen and oxygen atoms in total. The molecule has 0 saturated carbocycles. The van der Waals surface area contributed by atoms with Crippen LogP contribution in [0.25, 0.3) is 0 Å². The average molecular weight is 327 g/mol. The topological polar surface area (TPSA) is 65.0 Å². The first-order valence-electron chi connectivity index (χ1n) is 5.39. The Hall–Kier alpha value is 0.594. The molecule has 9 heteroatoms. The summed E-state index contributed by atoms with van der Waals surface area (Å²) < 4.78 is 4.83. The first-order chi connectivity index (χ1) is 8.17. The third kappa shape index (κ3) is 2.12. The molecule has 18 heavy (non-hydrogen) atoms. The molecule has 3 fully saturated rings. The predicted octanol–water partition coefficient (Wildman–Crippen LogP) is 0.146. The van der Waals surface area contributed by atoms with E-state index >= 15 is 0 Å². The van der Waals surface area contributed by atoms with Crippen molar-refractivity contribution in [1.82, 2.24) is 15.3 Å². The molecule has 0 amide bonds. The van der Waals surface area contributed by atoms with E-state index in [0.29, 0.717) is 12.4 Å². The monoisotopic (exact) mass is 327 g/mol. The molecule has 3 saturated heterocycles. The molecule has 3 aliphatic rings. The van der Waals surface area contributed by atoms with Gasteiger partial charge in [-0.3, -0.25) is 4.79 Å². The Morgan fingerprint density at radius 2 is 2.33 bits per heavy atom. The molecule has 0 aromatic carbocycles. The Balaban J connectivity index is 0.00000120. The summed E-state index contributed by atoms with van der Waals surface area (Å²) >= 11 is 3.45. The van der Waals surface area contributed by atoms with Gasteiger partial charge in [0.1, 0.15) is 6.04 Å². The second kappa shape index (κ2) is 5.53. The minimum atomic E-state index is -0.733. The molecule has 0 aromatic rings. The van der Waals surface area contributed by atoms with E-state index in [1.807, 2.05) is 4.90 Å². The van der Waals surface area contributed by atoms with Crippen LogP contribution in [0, 0.1) is 7.11 Å². The van der Waals surface area contributed by atoms with E-state index in [4.69, 9.17) is 9.84 Å². The van der Waals surface area contributed by atoms with Gasteiger partial charge in [-0.2, -0.15) is 5.01 Å². The Bertz CT molecular complexity index is 351. The molecule has 3 heterocycles. The van der Waals surface area contributed by atoms with Crippen LogP contribution in [0.5, 0.6) is 0 Å². The molecule has 0 aliphatic carbocycles. The van der Waals surface area contributed by atoms with Crippen molar-refractivity contribution >= 4 is 29.5 Å². The third-order valence-electron chi connectivity index (χ3n) is 3.26. The number of thioether (sulfide) groups is 2. The average Bonchev–Trinajstić information content (AvgIpc) is 2.48. The van der Waals surface area contributed by atoms with Crippen molar-refractivity contribution in [3.63, 3.8) is 0 Å². The number of rotatable bonds is 2. The molecular weight excluding hydrogens is 313 g/mol. The van der Waals surface area contributed by atoms with E-state index in [1.54, 1.807) is 23.5 Å². The number of hydrogen-bond donors (Lipinski definition) is 2. The van der Waals surface area contributed by atoms with Crippen LogP contribution in [0.2, 0.25) is 0 Å². The van der Waals surface area contributed by atoms with Gasteiger partial charge >= 0.3 is 5.97 Å². The van der Waals surface area contributed by atoms with E-state index in [0.717, 1.165) is 12.2 Å². The number of hydrazine groups is 1. The molecule has 3 aliphatic heterocycles. The zero-order valence-corrected chi connectivity index (χ0v) is 12.6. The number of hydrogen-bond acceptors (Lipinski definition) is 7. The van der Waals surface area contributed by atoms with Crippen LogP contribution in [0.4, 0.5) is 0 Å². The fraction of sp³-hybridized carbons (Fsp3) is 0.778. The van der Waals surface area contributed by atoms with Crippen molar-refractivity contribution in [3.05, 3.63) is 7.11 Å². The normalized spacial score (nSPS) is 40.1. The van der Waals surface area contributed by atoms with E-state index in [1.165, 1.54) is 0 Å². The van der Waals surface area contributed by atoms with E-state index in [9.17, 15) is 4.79 Å². The number of aliphatic carboxylic acids is 1. The summed E-state index contributed by atoms with van der Waals surface area (Å²) in [6, 6.07) is -0.372. The van der Waals surface area contributed by atoms with Crippen LogP contribution in [0.15, 0.2) is 0 Å². The molecule has 3 atom stereocenters. The zero-order chi connectivity index (χ0) is 12.0. The summed E-state index contributed by atoms with van der Waals surface area (Å²) in [4.78, 5) is 13.2. The number of carboxylic acid groups (broad SMARTS) is 1. The van der Waals surface area contributed by atoms with Crippen molar-refractivity contribution in [2.24, 2.45) is 0 Å². The van der Waals surface area contributed by atoms with E-state index in [2.05, 4.69) is 17.5 Å². The van der Waals surface area contributed by atoms with Gasteiger partial charge < -0.3 is 9.84 Å². The summed E-state index contributed by atoms with van der Waals surface area (Å²) in [6.45, 7) is 0.622. The van der Waals surface area contributed by atoms with Crippen LogP contribution in [0.1, 0.15) is 6.42 Å². The maximum absolute atomic E-state index is 11.1. The standard InChI is InChI=1S/C9H14N3O3S2.V/c1-15-7-2-3-16-9-11(5-12(9)10-7)6(4-17-9)8(13)14;/h6-7,10H,1-5H2,(H,13,14);/q-1;. The van der Waals surface area contributed by atoms with Crippen LogP contribution < -0.4 is 5.43 Å². The molecule has 101 valence electrons. The Morgan fingerprint density at radius 1 is 1.56 bits per heavy atom. The largest absolute Gasteiger partial charge is 0.541 e. The van der Waals surface area contributed by atoms with Crippen molar-refractivity contribution in [2.45, 2.75) is 23.0 Å². The summed E-state index contributed by atoms with van der Waals surface area (Å²) in [7, 11) is 3.45. The number of carboxylic acids is 1. The molecule has 1 radical (unpaired) electrons. The van der Waals surface area contributed by atoms with Gasteiger partial charge in [-0.1, -0.05) is 0 Å². The molecule has 0 aromatic heterocycles. The number of ether oxygens (including phenoxy) is 1. The van der Waals surface area contributed by atoms with Crippen molar-refractivity contribution in [2.75, 3.05) is 18.2 Å². The summed E-state index contributed by atoms with van der Waals surface area (Å²) in [6.07, 6.45) is 0.798.